The molecule has 1 heterocycles. The van der Waals surface area contributed by atoms with Gasteiger partial charge in [-0.25, -0.2) is 0 Å². The number of carbonyl (C=O) groups excluding carboxylic acids is 1. The van der Waals surface area contributed by atoms with Crippen molar-refractivity contribution in [1.29, 1.82) is 0 Å². The molecule has 3 N–H and O–H groups in total. The molecular formula is C18H17ClN2O. The van der Waals surface area contributed by atoms with Gasteiger partial charge >= 0.3 is 0 Å². The van der Waals surface area contributed by atoms with Crippen molar-refractivity contribution in [2.45, 2.75) is 6.92 Å². The van der Waals surface area contributed by atoms with Crippen molar-refractivity contribution < 1.29 is 4.79 Å². The van der Waals surface area contributed by atoms with Crippen LogP contribution in [-0.4, -0.2) is 10.8 Å². The third kappa shape index (κ3) is 2.76. The summed E-state index contributed by atoms with van der Waals surface area (Å²) in [6.07, 6.45) is 0. The van der Waals surface area contributed by atoms with E-state index in [0.717, 1.165) is 17.0 Å². The van der Waals surface area contributed by atoms with Crippen LogP contribution in [0.2, 0.25) is 0 Å². The van der Waals surface area contributed by atoms with Crippen LogP contribution in [-0.2, 0) is 0 Å². The molecule has 0 aliphatic heterocycles. The Hall–Kier alpha value is -2.52. The van der Waals surface area contributed by atoms with Crippen LogP contribution in [0.1, 0.15) is 21.6 Å². The third-order valence-corrected chi connectivity index (χ3v) is 3.55. The van der Waals surface area contributed by atoms with Crippen LogP contribution in [0.5, 0.6) is 0 Å². The van der Waals surface area contributed by atoms with Crippen molar-refractivity contribution in [3.05, 3.63) is 77.5 Å². The van der Waals surface area contributed by atoms with Crippen molar-refractivity contribution in [3.8, 4) is 11.3 Å². The predicted octanol–water partition coefficient (Wildman–Crippen LogP) is 4.23. The molecule has 22 heavy (non-hydrogen) atoms. The second-order valence-corrected chi connectivity index (χ2v) is 4.97. The van der Waals surface area contributed by atoms with Crippen LogP contribution in [0.3, 0.4) is 0 Å². The highest BCUT2D eigenvalue weighted by molar-refractivity contribution is 6.14. The van der Waals surface area contributed by atoms with Gasteiger partial charge in [0.1, 0.15) is 0 Å². The first-order valence-electron chi connectivity index (χ1n) is 6.81. The number of nitrogen functional groups attached to an aromatic ring is 1. The minimum absolute atomic E-state index is 0. The van der Waals surface area contributed by atoms with Crippen LogP contribution < -0.4 is 5.73 Å². The number of ketones is 1. The summed E-state index contributed by atoms with van der Waals surface area (Å²) >= 11 is 0. The molecule has 4 heteroatoms. The highest BCUT2D eigenvalue weighted by Crippen LogP contribution is 2.31. The van der Waals surface area contributed by atoms with Crippen LogP contribution in [0.15, 0.2) is 60.7 Å². The molecule has 0 unspecified atom stereocenters. The van der Waals surface area contributed by atoms with Gasteiger partial charge in [0, 0.05) is 16.8 Å². The number of hydrogen-bond acceptors (Lipinski definition) is 2. The Balaban J connectivity index is 0.00000176. The maximum absolute atomic E-state index is 12.6. The molecule has 1 aromatic heterocycles. The summed E-state index contributed by atoms with van der Waals surface area (Å²) in [5.41, 5.74) is 10.5. The van der Waals surface area contributed by atoms with Gasteiger partial charge in [0.05, 0.1) is 16.9 Å². The van der Waals surface area contributed by atoms with Crippen molar-refractivity contribution in [2.24, 2.45) is 0 Å². The number of aromatic nitrogens is 1. The zero-order valence-electron chi connectivity index (χ0n) is 12.2. The number of H-pyrrole nitrogens is 1. The van der Waals surface area contributed by atoms with E-state index >= 15 is 0 Å². The number of nitrogens with two attached hydrogens (primary N) is 1. The highest BCUT2D eigenvalue weighted by atomic mass is 35.5. The molecule has 0 atom stereocenters. The Bertz CT molecular complexity index is 780. The lowest BCUT2D eigenvalue weighted by Gasteiger charge is -2.03. The normalized spacial score (nSPS) is 10.0. The van der Waals surface area contributed by atoms with Gasteiger partial charge in [-0.3, -0.25) is 4.79 Å². The molecule has 112 valence electrons. The number of benzene rings is 2. The molecule has 0 amide bonds. The van der Waals surface area contributed by atoms with E-state index in [1.54, 1.807) is 12.1 Å². The Morgan fingerprint density at radius 1 is 0.955 bits per heavy atom. The Morgan fingerprint density at radius 2 is 1.50 bits per heavy atom. The molecule has 0 spiro atoms. The van der Waals surface area contributed by atoms with E-state index in [1.165, 1.54) is 0 Å². The van der Waals surface area contributed by atoms with Crippen molar-refractivity contribution in [3.63, 3.8) is 0 Å². The average Bonchev–Trinajstić information content (AvgIpc) is 2.83. The average molecular weight is 313 g/mol. The van der Waals surface area contributed by atoms with Crippen molar-refractivity contribution >= 4 is 23.9 Å². The van der Waals surface area contributed by atoms with Gasteiger partial charge < -0.3 is 10.7 Å². The van der Waals surface area contributed by atoms with E-state index in [-0.39, 0.29) is 18.2 Å². The van der Waals surface area contributed by atoms with Gasteiger partial charge in [-0.15, -0.1) is 12.4 Å². The van der Waals surface area contributed by atoms with E-state index in [9.17, 15) is 4.79 Å². The summed E-state index contributed by atoms with van der Waals surface area (Å²) in [6.45, 7) is 1.87. The summed E-state index contributed by atoms with van der Waals surface area (Å²) in [6, 6.07) is 19.0. The third-order valence-electron chi connectivity index (χ3n) is 3.55. The monoisotopic (exact) mass is 312 g/mol. The number of nitrogens with one attached hydrogen (secondary N) is 1. The number of aromatic amines is 1. The molecule has 2 aromatic carbocycles. The van der Waals surface area contributed by atoms with Gasteiger partial charge in [-0.1, -0.05) is 60.7 Å². The maximum atomic E-state index is 12.6. The van der Waals surface area contributed by atoms with E-state index in [2.05, 4.69) is 4.98 Å². The fourth-order valence-corrected chi connectivity index (χ4v) is 2.50. The van der Waals surface area contributed by atoms with E-state index in [4.69, 9.17) is 5.73 Å². The predicted molar refractivity (Wildman–Crippen MR) is 92.5 cm³/mol. The largest absolute Gasteiger partial charge is 0.396 e. The van der Waals surface area contributed by atoms with Gasteiger partial charge in [-0.2, -0.15) is 0 Å². The summed E-state index contributed by atoms with van der Waals surface area (Å²) in [4.78, 5) is 15.9. The van der Waals surface area contributed by atoms with Gasteiger partial charge in [0.25, 0.3) is 0 Å². The van der Waals surface area contributed by atoms with Crippen LogP contribution in [0.4, 0.5) is 5.69 Å². The minimum Gasteiger partial charge on any atom is -0.396 e. The number of rotatable bonds is 3. The topological polar surface area (TPSA) is 58.9 Å². The standard InChI is InChI=1S/C18H16N2O.ClH/c1-12-15(18(21)14-10-6-3-7-11-14)16(19)17(20-12)13-8-4-2-5-9-13;/h2-11,20H,19H2,1H3;1H. The lowest BCUT2D eigenvalue weighted by molar-refractivity contribution is 0.103. The smallest absolute Gasteiger partial charge is 0.196 e. The molecule has 0 saturated heterocycles. The first-order valence-corrected chi connectivity index (χ1v) is 6.81. The van der Waals surface area contributed by atoms with E-state index < -0.39 is 0 Å². The van der Waals surface area contributed by atoms with E-state index in [1.807, 2.05) is 55.5 Å². The zero-order chi connectivity index (χ0) is 14.8. The second kappa shape index (κ2) is 6.50. The molecule has 3 nitrogen and oxygen atoms in total. The lowest BCUT2D eigenvalue weighted by Crippen LogP contribution is -2.05. The fourth-order valence-electron chi connectivity index (χ4n) is 2.50. The Kier molecular flexibility index (Phi) is 4.68. The summed E-state index contributed by atoms with van der Waals surface area (Å²) in [7, 11) is 0. The number of aryl methyl sites for hydroxylation is 1. The molecule has 0 saturated carbocycles. The lowest BCUT2D eigenvalue weighted by atomic mass is 10.0. The molecular weight excluding hydrogens is 296 g/mol. The Morgan fingerprint density at radius 3 is 2.09 bits per heavy atom. The first kappa shape index (κ1) is 15.9. The molecule has 0 radical (unpaired) electrons. The number of anilines is 1. The van der Waals surface area contributed by atoms with Crippen molar-refractivity contribution in [1.82, 2.24) is 4.98 Å². The van der Waals surface area contributed by atoms with Crippen LogP contribution in [0.25, 0.3) is 11.3 Å². The van der Waals surface area contributed by atoms with Gasteiger partial charge in [0.15, 0.2) is 5.78 Å². The number of halogens is 1. The van der Waals surface area contributed by atoms with Crippen molar-refractivity contribution in [2.75, 3.05) is 5.73 Å². The highest BCUT2D eigenvalue weighted by Gasteiger charge is 2.20. The maximum Gasteiger partial charge on any atom is 0.196 e. The summed E-state index contributed by atoms with van der Waals surface area (Å²) < 4.78 is 0. The molecule has 0 aliphatic carbocycles. The fraction of sp³-hybridized carbons (Fsp3) is 0.0556. The minimum atomic E-state index is -0.0518. The SMILES string of the molecule is Cc1[nH]c(-c2ccccc2)c(N)c1C(=O)c1ccccc1.Cl. The quantitative estimate of drug-likeness (QED) is 0.711. The number of carbonyl (C=O) groups is 1. The molecule has 3 rings (SSSR count). The molecule has 0 bridgehead atoms. The summed E-state index contributed by atoms with van der Waals surface area (Å²) in [5, 5.41) is 0. The van der Waals surface area contributed by atoms with Crippen LogP contribution >= 0.6 is 12.4 Å². The van der Waals surface area contributed by atoms with Gasteiger partial charge in [0.2, 0.25) is 0 Å². The van der Waals surface area contributed by atoms with E-state index in [0.29, 0.717) is 16.8 Å². The van der Waals surface area contributed by atoms with Crippen LogP contribution in [0, 0.1) is 6.92 Å². The molecule has 0 fully saturated rings. The zero-order valence-corrected chi connectivity index (χ0v) is 13.0. The Labute approximate surface area is 135 Å². The van der Waals surface area contributed by atoms with Gasteiger partial charge in [-0.05, 0) is 6.92 Å². The molecule has 0 aliphatic rings. The second-order valence-electron chi connectivity index (χ2n) is 4.97. The summed E-state index contributed by atoms with van der Waals surface area (Å²) in [5.74, 6) is -0.0518. The number of hydrogen-bond donors (Lipinski definition) is 2. The first-order chi connectivity index (χ1) is 10.2. The molecule has 3 aromatic rings.